The maximum Gasteiger partial charge on any atom is 0.226 e. The van der Waals surface area contributed by atoms with E-state index < -0.39 is 0 Å². The standard InChI is InChI=1S/C19H25N3OS/c23-17(22-18(24)21-12-13-2-1-3-20-11-13)10-19-7-14-4-15(8-19)6-16(5-14)9-19/h1-3,11,14-16H,4-10,12H2,(H2,21,22,23,24). The topological polar surface area (TPSA) is 54.0 Å². The number of hydrogen-bond donors (Lipinski definition) is 2. The Bertz CT molecular complexity index is 595. The van der Waals surface area contributed by atoms with Crippen molar-refractivity contribution >= 4 is 23.2 Å². The molecule has 4 aliphatic rings. The van der Waals surface area contributed by atoms with Crippen LogP contribution in [0.1, 0.15) is 50.5 Å². The molecule has 5 rings (SSSR count). The zero-order valence-electron chi connectivity index (χ0n) is 14.0. The molecule has 1 heterocycles. The van der Waals surface area contributed by atoms with Crippen molar-refractivity contribution in [2.45, 2.75) is 51.5 Å². The summed E-state index contributed by atoms with van der Waals surface area (Å²) in [6.45, 7) is 0.588. The lowest BCUT2D eigenvalue weighted by Gasteiger charge is -2.56. The second-order valence-corrected chi connectivity index (χ2v) is 8.59. The first-order chi connectivity index (χ1) is 11.6. The van der Waals surface area contributed by atoms with Gasteiger partial charge in [0.15, 0.2) is 5.11 Å². The molecule has 1 aromatic heterocycles. The molecule has 0 radical (unpaired) electrons. The van der Waals surface area contributed by atoms with E-state index in [0.29, 0.717) is 18.1 Å². The fourth-order valence-corrected chi connectivity index (χ4v) is 5.93. The van der Waals surface area contributed by atoms with Crippen LogP contribution in [0.3, 0.4) is 0 Å². The summed E-state index contributed by atoms with van der Waals surface area (Å²) in [6.07, 6.45) is 12.2. The third-order valence-electron chi connectivity index (χ3n) is 6.13. The Morgan fingerprint density at radius 1 is 1.21 bits per heavy atom. The maximum atomic E-state index is 12.5. The summed E-state index contributed by atoms with van der Waals surface area (Å²) in [5.74, 6) is 2.71. The molecule has 4 bridgehead atoms. The molecule has 0 aliphatic heterocycles. The van der Waals surface area contributed by atoms with Gasteiger partial charge in [-0.25, -0.2) is 0 Å². The van der Waals surface area contributed by atoms with E-state index in [1.165, 1.54) is 38.5 Å². The molecular formula is C19H25N3OS. The first-order valence-corrected chi connectivity index (χ1v) is 9.48. The van der Waals surface area contributed by atoms with Gasteiger partial charge in [-0.1, -0.05) is 6.07 Å². The minimum Gasteiger partial charge on any atom is -0.358 e. The molecule has 1 aromatic rings. The molecular weight excluding hydrogens is 318 g/mol. The van der Waals surface area contributed by atoms with Crippen LogP contribution in [0.25, 0.3) is 0 Å². The van der Waals surface area contributed by atoms with Crippen LogP contribution in [0.4, 0.5) is 0 Å². The van der Waals surface area contributed by atoms with E-state index in [1.807, 2.05) is 12.1 Å². The number of rotatable bonds is 4. The normalized spacial score (nSPS) is 33.2. The van der Waals surface area contributed by atoms with Gasteiger partial charge in [-0.2, -0.15) is 0 Å². The lowest BCUT2D eigenvalue weighted by atomic mass is 9.49. The Hall–Kier alpha value is -1.49. The highest BCUT2D eigenvalue weighted by Gasteiger charge is 2.51. The van der Waals surface area contributed by atoms with Gasteiger partial charge in [0.05, 0.1) is 0 Å². The van der Waals surface area contributed by atoms with Gasteiger partial charge in [0, 0.05) is 25.4 Å². The molecule has 0 aromatic carbocycles. The fourth-order valence-electron chi connectivity index (χ4n) is 5.75. The molecule has 4 fully saturated rings. The van der Waals surface area contributed by atoms with Crippen LogP contribution in [0.15, 0.2) is 24.5 Å². The highest BCUT2D eigenvalue weighted by Crippen LogP contribution is 2.61. The Kier molecular flexibility index (Phi) is 4.29. The number of carbonyl (C=O) groups is 1. The monoisotopic (exact) mass is 343 g/mol. The van der Waals surface area contributed by atoms with Gasteiger partial charge >= 0.3 is 0 Å². The van der Waals surface area contributed by atoms with Gasteiger partial charge in [0.25, 0.3) is 0 Å². The first kappa shape index (κ1) is 16.0. The average molecular weight is 343 g/mol. The Labute approximate surface area is 148 Å². The second-order valence-electron chi connectivity index (χ2n) is 8.19. The van der Waals surface area contributed by atoms with E-state index in [1.54, 1.807) is 12.4 Å². The van der Waals surface area contributed by atoms with Crippen LogP contribution in [0.5, 0.6) is 0 Å². The summed E-state index contributed by atoms with van der Waals surface area (Å²) in [7, 11) is 0. The van der Waals surface area contributed by atoms with E-state index in [9.17, 15) is 4.79 Å². The van der Waals surface area contributed by atoms with Crippen LogP contribution < -0.4 is 10.6 Å². The average Bonchev–Trinajstić information content (AvgIpc) is 2.52. The van der Waals surface area contributed by atoms with Crippen LogP contribution >= 0.6 is 12.2 Å². The van der Waals surface area contributed by atoms with Gasteiger partial charge in [-0.15, -0.1) is 0 Å². The lowest BCUT2D eigenvalue weighted by Crippen LogP contribution is -2.49. The number of hydrogen-bond acceptors (Lipinski definition) is 3. The third-order valence-corrected chi connectivity index (χ3v) is 6.38. The summed E-state index contributed by atoms with van der Waals surface area (Å²) in [6, 6.07) is 3.88. The van der Waals surface area contributed by atoms with Crippen molar-refractivity contribution in [2.24, 2.45) is 23.2 Å². The molecule has 2 N–H and O–H groups in total. The number of nitrogens with one attached hydrogen (secondary N) is 2. The predicted molar refractivity (Wildman–Crippen MR) is 97.0 cm³/mol. The summed E-state index contributed by atoms with van der Waals surface area (Å²) in [4.78, 5) is 16.6. The number of aromatic nitrogens is 1. The van der Waals surface area contributed by atoms with E-state index in [4.69, 9.17) is 12.2 Å². The largest absolute Gasteiger partial charge is 0.358 e. The minimum atomic E-state index is 0.0839. The van der Waals surface area contributed by atoms with Crippen molar-refractivity contribution in [3.8, 4) is 0 Å². The number of amides is 1. The number of pyridine rings is 1. The number of thiocarbonyl (C=S) groups is 1. The van der Waals surface area contributed by atoms with E-state index in [2.05, 4.69) is 15.6 Å². The predicted octanol–water partition coefficient (Wildman–Crippen LogP) is 3.18. The Balaban J connectivity index is 1.28. The zero-order valence-corrected chi connectivity index (χ0v) is 14.8. The molecule has 128 valence electrons. The molecule has 0 spiro atoms. The molecule has 0 unspecified atom stereocenters. The summed E-state index contributed by atoms with van der Waals surface area (Å²) in [5, 5.41) is 6.41. The van der Waals surface area contributed by atoms with Crippen molar-refractivity contribution in [1.29, 1.82) is 0 Å². The van der Waals surface area contributed by atoms with Crippen molar-refractivity contribution in [3.63, 3.8) is 0 Å². The van der Waals surface area contributed by atoms with E-state index >= 15 is 0 Å². The Morgan fingerprint density at radius 3 is 2.46 bits per heavy atom. The highest BCUT2D eigenvalue weighted by atomic mass is 32.1. The molecule has 4 nitrogen and oxygen atoms in total. The van der Waals surface area contributed by atoms with Crippen LogP contribution in [0.2, 0.25) is 0 Å². The van der Waals surface area contributed by atoms with Crippen molar-refractivity contribution in [1.82, 2.24) is 15.6 Å². The second kappa shape index (κ2) is 6.43. The third kappa shape index (κ3) is 3.46. The van der Waals surface area contributed by atoms with Crippen LogP contribution in [-0.4, -0.2) is 16.0 Å². The molecule has 0 atom stereocenters. The summed E-state index contributed by atoms with van der Waals surface area (Å²) < 4.78 is 0. The molecule has 4 saturated carbocycles. The van der Waals surface area contributed by atoms with Crippen molar-refractivity contribution < 1.29 is 4.79 Å². The number of carbonyl (C=O) groups excluding carboxylic acids is 1. The fraction of sp³-hybridized carbons (Fsp3) is 0.632. The molecule has 24 heavy (non-hydrogen) atoms. The quantitative estimate of drug-likeness (QED) is 0.825. The van der Waals surface area contributed by atoms with E-state index in [0.717, 1.165) is 23.3 Å². The van der Waals surface area contributed by atoms with Gasteiger partial charge in [-0.3, -0.25) is 9.78 Å². The van der Waals surface area contributed by atoms with Gasteiger partial charge in [0.1, 0.15) is 0 Å². The van der Waals surface area contributed by atoms with Gasteiger partial charge in [-0.05, 0) is 85.5 Å². The maximum absolute atomic E-state index is 12.5. The first-order valence-electron chi connectivity index (χ1n) is 9.07. The number of nitrogens with zero attached hydrogens (tertiary/aromatic N) is 1. The lowest BCUT2D eigenvalue weighted by molar-refractivity contribution is -0.128. The molecule has 5 heteroatoms. The minimum absolute atomic E-state index is 0.0839. The smallest absolute Gasteiger partial charge is 0.226 e. The summed E-state index contributed by atoms with van der Waals surface area (Å²) in [5.41, 5.74) is 1.31. The summed E-state index contributed by atoms with van der Waals surface area (Å²) >= 11 is 5.28. The van der Waals surface area contributed by atoms with Crippen LogP contribution in [-0.2, 0) is 11.3 Å². The molecule has 1 amide bonds. The molecule has 0 saturated heterocycles. The SMILES string of the molecule is O=C(CC12CC3CC(CC(C3)C1)C2)NC(=S)NCc1cccnc1. The van der Waals surface area contributed by atoms with Gasteiger partial charge < -0.3 is 10.6 Å². The van der Waals surface area contributed by atoms with Crippen LogP contribution in [0, 0.1) is 23.2 Å². The van der Waals surface area contributed by atoms with Crippen molar-refractivity contribution in [2.75, 3.05) is 0 Å². The highest BCUT2D eigenvalue weighted by molar-refractivity contribution is 7.80. The molecule has 4 aliphatic carbocycles. The Morgan fingerprint density at radius 2 is 1.88 bits per heavy atom. The van der Waals surface area contributed by atoms with Crippen molar-refractivity contribution in [3.05, 3.63) is 30.1 Å². The van der Waals surface area contributed by atoms with Gasteiger partial charge in [0.2, 0.25) is 5.91 Å². The zero-order chi connectivity index (χ0) is 16.6. The van der Waals surface area contributed by atoms with E-state index in [-0.39, 0.29) is 11.3 Å².